The molecule has 0 spiro atoms. The summed E-state index contributed by atoms with van der Waals surface area (Å²) in [6.07, 6.45) is 1.72. The molecule has 6 nitrogen and oxygen atoms in total. The van der Waals surface area contributed by atoms with E-state index in [1.165, 1.54) is 30.0 Å². The zero-order valence-electron chi connectivity index (χ0n) is 14.2. The minimum Gasteiger partial charge on any atom is -0.504 e. The lowest BCUT2D eigenvalue weighted by Crippen LogP contribution is -2.05. The molecule has 3 rings (SSSR count). The normalized spacial score (nSPS) is 10.7. The van der Waals surface area contributed by atoms with E-state index < -0.39 is 0 Å². The zero-order chi connectivity index (χ0) is 19.4. The molecule has 138 valence electrons. The summed E-state index contributed by atoms with van der Waals surface area (Å²) in [5.74, 6) is -0.112. The fourth-order valence-electron chi connectivity index (χ4n) is 2.44. The molecule has 8 heteroatoms. The van der Waals surface area contributed by atoms with Crippen molar-refractivity contribution >= 4 is 29.1 Å². The predicted octanol–water partition coefficient (Wildman–Crippen LogP) is 4.17. The van der Waals surface area contributed by atoms with E-state index in [0.29, 0.717) is 28.1 Å². The van der Waals surface area contributed by atoms with Gasteiger partial charge in [0.1, 0.15) is 0 Å². The Kier molecular flexibility index (Phi) is 5.83. The molecule has 0 saturated heterocycles. The zero-order valence-corrected chi connectivity index (χ0v) is 15.7. The molecule has 0 aliphatic rings. The number of Topliss-reactive ketones (excluding diaryl/α,β-unsaturated/α-hetero) is 1. The molecule has 0 saturated carbocycles. The van der Waals surface area contributed by atoms with Crippen LogP contribution in [-0.4, -0.2) is 36.5 Å². The summed E-state index contributed by atoms with van der Waals surface area (Å²) in [6.45, 7) is 4.22. The number of aromatic nitrogens is 3. The summed E-state index contributed by atoms with van der Waals surface area (Å²) in [7, 11) is 0. The van der Waals surface area contributed by atoms with E-state index in [0.717, 1.165) is 5.56 Å². The van der Waals surface area contributed by atoms with Crippen molar-refractivity contribution in [2.45, 2.75) is 11.7 Å². The summed E-state index contributed by atoms with van der Waals surface area (Å²) in [5.41, 5.74) is 1.05. The molecular weight excluding hydrogens is 386 g/mol. The van der Waals surface area contributed by atoms with Gasteiger partial charge < -0.3 is 10.2 Å². The monoisotopic (exact) mass is 401 g/mol. The number of hydrogen-bond donors (Lipinski definition) is 2. The van der Waals surface area contributed by atoms with Crippen LogP contribution in [0.1, 0.15) is 10.4 Å². The highest BCUT2D eigenvalue weighted by molar-refractivity contribution is 7.99. The lowest BCUT2D eigenvalue weighted by Gasteiger charge is -2.08. The van der Waals surface area contributed by atoms with Gasteiger partial charge in [0, 0.05) is 17.7 Å². The van der Waals surface area contributed by atoms with Gasteiger partial charge in [-0.2, -0.15) is 0 Å². The Hall–Kier alpha value is -2.77. The molecule has 2 N–H and O–H groups in total. The third-order valence-electron chi connectivity index (χ3n) is 3.77. The molecule has 3 aromatic rings. The van der Waals surface area contributed by atoms with Crippen LogP contribution in [0, 0.1) is 0 Å². The number of carbonyl (C=O) groups is 1. The molecular formula is C19H16ClN3O3S. The number of thioether (sulfide) groups is 1. The quantitative estimate of drug-likeness (QED) is 0.267. The van der Waals surface area contributed by atoms with E-state index in [2.05, 4.69) is 16.8 Å². The molecule has 0 bridgehead atoms. The number of nitrogens with zero attached hydrogens (tertiary/aromatic N) is 3. The molecule has 0 aliphatic carbocycles. The predicted molar refractivity (Wildman–Crippen MR) is 105 cm³/mol. The Morgan fingerprint density at radius 2 is 1.96 bits per heavy atom. The molecule has 2 aromatic carbocycles. The first kappa shape index (κ1) is 19.0. The minimum atomic E-state index is -0.332. The first-order valence-corrected chi connectivity index (χ1v) is 9.34. The van der Waals surface area contributed by atoms with Gasteiger partial charge in [-0.05, 0) is 30.3 Å². The number of carbonyl (C=O) groups excluding carboxylic acids is 1. The van der Waals surface area contributed by atoms with Gasteiger partial charge in [0.2, 0.25) is 0 Å². The fraction of sp³-hybridized carbons (Fsp3) is 0.105. The van der Waals surface area contributed by atoms with E-state index in [4.69, 9.17) is 11.6 Å². The van der Waals surface area contributed by atoms with E-state index >= 15 is 0 Å². The number of phenolic OH excluding ortho intramolecular Hbond substituents is 2. The number of benzene rings is 2. The smallest absolute Gasteiger partial charge is 0.192 e. The second kappa shape index (κ2) is 8.28. The van der Waals surface area contributed by atoms with Crippen molar-refractivity contribution in [3.63, 3.8) is 0 Å². The van der Waals surface area contributed by atoms with Gasteiger partial charge in [0.05, 0.1) is 10.8 Å². The number of allylic oxidation sites excluding steroid dienone is 1. The summed E-state index contributed by atoms with van der Waals surface area (Å²) in [6, 6.07) is 11.3. The topological polar surface area (TPSA) is 88.2 Å². The molecule has 0 atom stereocenters. The van der Waals surface area contributed by atoms with Crippen molar-refractivity contribution in [2.24, 2.45) is 0 Å². The van der Waals surface area contributed by atoms with Crippen molar-refractivity contribution in [3.05, 3.63) is 65.7 Å². The maximum Gasteiger partial charge on any atom is 0.192 e. The summed E-state index contributed by atoms with van der Waals surface area (Å²) < 4.78 is 1.83. The van der Waals surface area contributed by atoms with Gasteiger partial charge in [-0.25, -0.2) is 0 Å². The van der Waals surface area contributed by atoms with Crippen LogP contribution in [0.25, 0.3) is 11.4 Å². The minimum absolute atomic E-state index is 0.0992. The van der Waals surface area contributed by atoms with Crippen LogP contribution in [0.4, 0.5) is 0 Å². The van der Waals surface area contributed by atoms with Crippen molar-refractivity contribution in [1.82, 2.24) is 14.8 Å². The standard InChI is InChI=1S/C19H16ClN3O3S/c1-2-9-23-18(13-5-3-4-6-14(13)20)21-22-19(23)27-11-17(26)12-7-8-15(24)16(25)10-12/h2-8,10,24-25H,1,9,11H2. The molecule has 0 aliphatic heterocycles. The molecule has 0 amide bonds. The second-order valence-electron chi connectivity index (χ2n) is 5.60. The third-order valence-corrected chi connectivity index (χ3v) is 5.07. The lowest BCUT2D eigenvalue weighted by molar-refractivity contribution is 0.102. The average molecular weight is 402 g/mol. The van der Waals surface area contributed by atoms with Gasteiger partial charge >= 0.3 is 0 Å². The SMILES string of the molecule is C=CCn1c(SCC(=O)c2ccc(O)c(O)c2)nnc1-c1ccccc1Cl. The number of ketones is 1. The number of halogens is 1. The van der Waals surface area contributed by atoms with Gasteiger partial charge in [0.25, 0.3) is 0 Å². The highest BCUT2D eigenvalue weighted by Crippen LogP contribution is 2.30. The molecule has 0 unspecified atom stereocenters. The van der Waals surface area contributed by atoms with E-state index in [9.17, 15) is 15.0 Å². The molecule has 1 heterocycles. The van der Waals surface area contributed by atoms with E-state index in [1.54, 1.807) is 12.1 Å². The largest absolute Gasteiger partial charge is 0.504 e. The molecule has 1 aromatic heterocycles. The van der Waals surface area contributed by atoms with E-state index in [1.807, 2.05) is 22.8 Å². The Balaban J connectivity index is 1.83. The van der Waals surface area contributed by atoms with Crippen LogP contribution in [0.2, 0.25) is 5.02 Å². The number of rotatable bonds is 7. The average Bonchev–Trinajstić information content (AvgIpc) is 3.05. The summed E-state index contributed by atoms with van der Waals surface area (Å²) in [4.78, 5) is 12.4. The van der Waals surface area contributed by atoms with Crippen LogP contribution < -0.4 is 0 Å². The first-order chi connectivity index (χ1) is 13.0. The van der Waals surface area contributed by atoms with Gasteiger partial charge in [-0.3, -0.25) is 9.36 Å². The maximum atomic E-state index is 12.4. The van der Waals surface area contributed by atoms with Crippen LogP contribution >= 0.6 is 23.4 Å². The number of phenols is 2. The van der Waals surface area contributed by atoms with E-state index in [-0.39, 0.29) is 23.0 Å². The van der Waals surface area contributed by atoms with Gasteiger partial charge in [0.15, 0.2) is 28.3 Å². The van der Waals surface area contributed by atoms with Crippen LogP contribution in [0.5, 0.6) is 11.5 Å². The second-order valence-corrected chi connectivity index (χ2v) is 6.95. The summed E-state index contributed by atoms with van der Waals surface area (Å²) >= 11 is 7.49. The van der Waals surface area contributed by atoms with Crippen LogP contribution in [0.3, 0.4) is 0 Å². The Morgan fingerprint density at radius 1 is 1.19 bits per heavy atom. The van der Waals surface area contributed by atoms with Gasteiger partial charge in [-0.15, -0.1) is 16.8 Å². The third kappa shape index (κ3) is 4.15. The van der Waals surface area contributed by atoms with Crippen molar-refractivity contribution in [3.8, 4) is 22.9 Å². The van der Waals surface area contributed by atoms with Crippen molar-refractivity contribution in [2.75, 3.05) is 5.75 Å². The Bertz CT molecular complexity index is 1000. The Labute approximate surface area is 165 Å². The first-order valence-electron chi connectivity index (χ1n) is 7.98. The summed E-state index contributed by atoms with van der Waals surface area (Å²) in [5, 5.41) is 28.4. The molecule has 27 heavy (non-hydrogen) atoms. The number of hydrogen-bond acceptors (Lipinski definition) is 6. The van der Waals surface area contributed by atoms with Crippen molar-refractivity contribution in [1.29, 1.82) is 0 Å². The number of aromatic hydroxyl groups is 2. The van der Waals surface area contributed by atoms with Crippen molar-refractivity contribution < 1.29 is 15.0 Å². The highest BCUT2D eigenvalue weighted by atomic mass is 35.5. The fourth-order valence-corrected chi connectivity index (χ4v) is 3.50. The lowest BCUT2D eigenvalue weighted by atomic mass is 10.1. The van der Waals surface area contributed by atoms with Gasteiger partial charge in [-0.1, -0.05) is 41.6 Å². The molecule has 0 radical (unpaired) electrons. The maximum absolute atomic E-state index is 12.4. The Morgan fingerprint density at radius 3 is 2.67 bits per heavy atom. The highest BCUT2D eigenvalue weighted by Gasteiger charge is 2.17. The van der Waals surface area contributed by atoms with Crippen LogP contribution in [-0.2, 0) is 6.54 Å². The molecule has 0 fully saturated rings. The van der Waals surface area contributed by atoms with Crippen LogP contribution in [0.15, 0.2) is 60.3 Å².